The fourth-order valence-electron chi connectivity index (χ4n) is 4.95. The van der Waals surface area contributed by atoms with Crippen LogP contribution in [0.5, 0.6) is 5.75 Å². The average Bonchev–Trinajstić information content (AvgIpc) is 3.34. The molecule has 0 radical (unpaired) electrons. The van der Waals surface area contributed by atoms with Gasteiger partial charge >= 0.3 is 5.97 Å². The maximum Gasteiger partial charge on any atom is 0.335 e. The van der Waals surface area contributed by atoms with Crippen molar-refractivity contribution in [1.82, 2.24) is 0 Å². The molecule has 2 aliphatic rings. The van der Waals surface area contributed by atoms with Crippen LogP contribution in [0, 0.1) is 5.92 Å². The normalized spacial score (nSPS) is 20.8. The number of methoxy groups -OCH3 is 1. The lowest BCUT2D eigenvalue weighted by molar-refractivity contribution is 0.0697. The van der Waals surface area contributed by atoms with Gasteiger partial charge in [0.05, 0.1) is 29.4 Å². The molecule has 3 aromatic rings. The minimum Gasteiger partial charge on any atom is -0.497 e. The predicted octanol–water partition coefficient (Wildman–Crippen LogP) is 5.19. The maximum absolute atomic E-state index is 13.2. The number of nitrogens with one attached hydrogen (secondary N) is 1. The summed E-state index contributed by atoms with van der Waals surface area (Å²) in [6.45, 7) is 0. The smallest absolute Gasteiger partial charge is 0.335 e. The Labute approximate surface area is 198 Å². The molecular weight excluding hydrogens is 450 g/mol. The molecule has 0 amide bonds. The van der Waals surface area contributed by atoms with Crippen molar-refractivity contribution in [3.63, 3.8) is 0 Å². The van der Waals surface area contributed by atoms with Gasteiger partial charge in [-0.2, -0.15) is 0 Å². The van der Waals surface area contributed by atoms with E-state index in [4.69, 9.17) is 4.74 Å². The van der Waals surface area contributed by atoms with Gasteiger partial charge in [-0.1, -0.05) is 36.4 Å². The first-order valence-corrected chi connectivity index (χ1v) is 12.8. The van der Waals surface area contributed by atoms with Crippen LogP contribution in [0.25, 0.3) is 0 Å². The Morgan fingerprint density at radius 2 is 1.79 bits per heavy atom. The van der Waals surface area contributed by atoms with Crippen LogP contribution in [0.3, 0.4) is 0 Å². The van der Waals surface area contributed by atoms with Crippen LogP contribution < -0.4 is 10.1 Å². The standard InChI is InChI=1S/C27H25NO5S/c1-33-20-11-5-17(6-12-20)16-34(31,32)21-13-14-25-24(15-21)22-3-2-4-23(22)26(28-25)18-7-9-19(10-8-18)27(29)30/h2-3,5-15,22-23,26,28H,4,16H2,1H3,(H,29,30)/t22-,23+,26+/m0/s1. The van der Waals surface area contributed by atoms with Crippen LogP contribution in [-0.2, 0) is 15.6 Å². The second-order valence-corrected chi connectivity index (χ2v) is 10.7. The van der Waals surface area contributed by atoms with Gasteiger partial charge in [-0.25, -0.2) is 13.2 Å². The highest BCUT2D eigenvalue weighted by molar-refractivity contribution is 7.90. The van der Waals surface area contributed by atoms with Crippen LogP contribution in [0.15, 0.2) is 83.8 Å². The Morgan fingerprint density at radius 1 is 1.06 bits per heavy atom. The van der Waals surface area contributed by atoms with Crippen molar-refractivity contribution < 1.29 is 23.1 Å². The summed E-state index contributed by atoms with van der Waals surface area (Å²) in [7, 11) is -1.95. The topological polar surface area (TPSA) is 92.7 Å². The van der Waals surface area contributed by atoms with E-state index in [2.05, 4.69) is 17.5 Å². The summed E-state index contributed by atoms with van der Waals surface area (Å²) in [6, 6.07) is 19.4. The number of anilines is 1. The Bertz CT molecular complexity index is 1360. The lowest BCUT2D eigenvalue weighted by Crippen LogP contribution is -2.29. The molecule has 2 N–H and O–H groups in total. The van der Waals surface area contributed by atoms with E-state index < -0.39 is 15.8 Å². The molecule has 0 aromatic heterocycles. The fraction of sp³-hybridized carbons (Fsp3) is 0.222. The molecule has 0 unspecified atom stereocenters. The molecule has 1 aliphatic heterocycles. The van der Waals surface area contributed by atoms with Crippen molar-refractivity contribution >= 4 is 21.5 Å². The molecule has 3 aromatic carbocycles. The third-order valence-electron chi connectivity index (χ3n) is 6.73. The second-order valence-electron chi connectivity index (χ2n) is 8.76. The number of hydrogen-bond acceptors (Lipinski definition) is 5. The number of allylic oxidation sites excluding steroid dienone is 2. The molecule has 7 heteroatoms. The summed E-state index contributed by atoms with van der Waals surface area (Å²) < 4.78 is 31.5. The van der Waals surface area contributed by atoms with Crippen molar-refractivity contribution in [2.24, 2.45) is 5.92 Å². The van der Waals surface area contributed by atoms with Crippen molar-refractivity contribution in [3.8, 4) is 5.75 Å². The van der Waals surface area contributed by atoms with Gasteiger partial charge < -0.3 is 15.2 Å². The minimum atomic E-state index is -3.52. The van der Waals surface area contributed by atoms with E-state index in [-0.39, 0.29) is 29.2 Å². The quantitative estimate of drug-likeness (QED) is 0.477. The van der Waals surface area contributed by atoms with E-state index in [1.807, 2.05) is 18.2 Å². The first-order valence-electron chi connectivity index (χ1n) is 11.1. The molecular formula is C27H25NO5S. The molecule has 0 saturated heterocycles. The van der Waals surface area contributed by atoms with Crippen molar-refractivity contribution in [1.29, 1.82) is 0 Å². The lowest BCUT2D eigenvalue weighted by atomic mass is 9.77. The first kappa shape index (κ1) is 22.2. The van der Waals surface area contributed by atoms with E-state index >= 15 is 0 Å². The third-order valence-corrected chi connectivity index (χ3v) is 8.41. The van der Waals surface area contributed by atoms with Gasteiger partial charge in [-0.15, -0.1) is 0 Å². The van der Waals surface area contributed by atoms with E-state index in [1.54, 1.807) is 55.6 Å². The molecule has 0 saturated carbocycles. The highest BCUT2D eigenvalue weighted by atomic mass is 32.2. The second kappa shape index (κ2) is 8.65. The Hall–Kier alpha value is -3.58. The number of carbonyl (C=O) groups is 1. The number of carboxylic acid groups (broad SMARTS) is 1. The van der Waals surface area contributed by atoms with Crippen LogP contribution in [0.2, 0.25) is 0 Å². The molecule has 0 bridgehead atoms. The molecule has 1 aliphatic carbocycles. The van der Waals surface area contributed by atoms with Gasteiger partial charge in [-0.05, 0) is 71.5 Å². The summed E-state index contributed by atoms with van der Waals surface area (Å²) in [4.78, 5) is 11.5. The minimum absolute atomic E-state index is 0.0112. The predicted molar refractivity (Wildman–Crippen MR) is 130 cm³/mol. The maximum atomic E-state index is 13.2. The van der Waals surface area contributed by atoms with Crippen molar-refractivity contribution in [2.75, 3.05) is 12.4 Å². The zero-order valence-electron chi connectivity index (χ0n) is 18.6. The van der Waals surface area contributed by atoms with Gasteiger partial charge in [0, 0.05) is 11.6 Å². The Kier molecular flexibility index (Phi) is 5.65. The van der Waals surface area contributed by atoms with Crippen LogP contribution >= 0.6 is 0 Å². The SMILES string of the molecule is COc1ccc(CS(=O)(=O)c2ccc3c(c2)[C@H]2C=CC[C@H]2[C@@H](c2ccc(C(=O)O)cc2)N3)cc1. The van der Waals surface area contributed by atoms with Crippen molar-refractivity contribution in [3.05, 3.63) is 101 Å². The molecule has 0 fully saturated rings. The van der Waals surface area contributed by atoms with Gasteiger partial charge in [0.1, 0.15) is 5.75 Å². The number of fused-ring (bicyclic) bond motifs is 3. The highest BCUT2D eigenvalue weighted by Crippen LogP contribution is 2.50. The number of aromatic carboxylic acids is 1. The molecule has 3 atom stereocenters. The van der Waals surface area contributed by atoms with Gasteiger partial charge in [0.2, 0.25) is 0 Å². The molecule has 6 nitrogen and oxygen atoms in total. The van der Waals surface area contributed by atoms with Crippen LogP contribution in [0.1, 0.15) is 45.4 Å². The lowest BCUT2D eigenvalue weighted by Gasteiger charge is -2.37. The van der Waals surface area contributed by atoms with E-state index in [0.717, 1.165) is 23.2 Å². The Balaban J connectivity index is 1.44. The number of sulfone groups is 1. The summed E-state index contributed by atoms with van der Waals surface area (Å²) in [5, 5.41) is 12.8. The number of benzene rings is 3. The largest absolute Gasteiger partial charge is 0.497 e. The number of ether oxygens (including phenoxy) is 1. The van der Waals surface area contributed by atoms with Crippen LogP contribution in [-0.4, -0.2) is 26.6 Å². The number of hydrogen-bond donors (Lipinski definition) is 2. The average molecular weight is 476 g/mol. The first-order chi connectivity index (χ1) is 16.4. The number of rotatable bonds is 6. The monoisotopic (exact) mass is 475 g/mol. The molecule has 174 valence electrons. The number of carboxylic acids is 1. The van der Waals surface area contributed by atoms with E-state index in [0.29, 0.717) is 16.2 Å². The zero-order chi connectivity index (χ0) is 23.9. The molecule has 1 heterocycles. The third kappa shape index (κ3) is 4.07. The van der Waals surface area contributed by atoms with Gasteiger partial charge in [0.15, 0.2) is 9.84 Å². The van der Waals surface area contributed by atoms with Gasteiger partial charge in [-0.3, -0.25) is 0 Å². The molecule has 5 rings (SSSR count). The van der Waals surface area contributed by atoms with Gasteiger partial charge in [0.25, 0.3) is 0 Å². The summed E-state index contributed by atoms with van der Waals surface area (Å²) in [5.74, 6) is -0.0186. The summed E-state index contributed by atoms with van der Waals surface area (Å²) >= 11 is 0. The van der Waals surface area contributed by atoms with E-state index in [9.17, 15) is 18.3 Å². The molecule has 34 heavy (non-hydrogen) atoms. The van der Waals surface area contributed by atoms with E-state index in [1.165, 1.54) is 0 Å². The van der Waals surface area contributed by atoms with Crippen molar-refractivity contribution in [2.45, 2.75) is 29.0 Å². The fourth-order valence-corrected chi connectivity index (χ4v) is 6.33. The van der Waals surface area contributed by atoms with Crippen LogP contribution in [0.4, 0.5) is 5.69 Å². The Morgan fingerprint density at radius 3 is 2.47 bits per heavy atom. The summed E-state index contributed by atoms with van der Waals surface area (Å²) in [5.41, 5.74) is 3.87. The highest BCUT2D eigenvalue weighted by Gasteiger charge is 2.38. The molecule has 0 spiro atoms. The zero-order valence-corrected chi connectivity index (χ0v) is 19.5. The summed E-state index contributed by atoms with van der Waals surface area (Å²) in [6.07, 6.45) is 5.16.